The molecular formula is C20H15BrFNO4. The van der Waals surface area contributed by atoms with Crippen molar-refractivity contribution in [3.05, 3.63) is 76.1 Å². The Bertz CT molecular complexity index is 976. The van der Waals surface area contributed by atoms with Crippen molar-refractivity contribution in [3.8, 4) is 23.1 Å². The van der Waals surface area contributed by atoms with Gasteiger partial charge in [-0.2, -0.15) is 0 Å². The third-order valence-corrected chi connectivity index (χ3v) is 4.41. The Morgan fingerprint density at radius 3 is 2.33 bits per heavy atom. The Hall–Kier alpha value is -2.93. The van der Waals surface area contributed by atoms with Crippen LogP contribution in [-0.4, -0.2) is 25.0 Å². The quantitative estimate of drug-likeness (QED) is 0.512. The van der Waals surface area contributed by atoms with Crippen LogP contribution in [0.2, 0.25) is 0 Å². The lowest BCUT2D eigenvalue weighted by Crippen LogP contribution is -2.03. The fourth-order valence-electron chi connectivity index (χ4n) is 2.39. The largest absolute Gasteiger partial charge is 0.493 e. The standard InChI is InChI=1S/C20H15BrFNO4/c1-25-16-7-3-12(9-18(16)26-2)20(24)13-4-8-19(23-11-13)27-17-10-14(22)5-6-15(17)21/h3-11H,1-2H3. The summed E-state index contributed by atoms with van der Waals surface area (Å²) >= 11 is 3.29. The smallest absolute Gasteiger partial charge is 0.219 e. The summed E-state index contributed by atoms with van der Waals surface area (Å²) in [7, 11) is 3.03. The van der Waals surface area contributed by atoms with Crippen LogP contribution in [0.3, 0.4) is 0 Å². The molecule has 0 aliphatic rings. The molecule has 2 aromatic carbocycles. The molecule has 0 atom stereocenters. The highest BCUT2D eigenvalue weighted by atomic mass is 79.9. The van der Waals surface area contributed by atoms with Crippen molar-refractivity contribution in [2.45, 2.75) is 0 Å². The number of carbonyl (C=O) groups is 1. The first-order chi connectivity index (χ1) is 13.0. The monoisotopic (exact) mass is 431 g/mol. The maximum absolute atomic E-state index is 13.3. The van der Waals surface area contributed by atoms with E-state index in [9.17, 15) is 9.18 Å². The zero-order chi connectivity index (χ0) is 19.4. The maximum Gasteiger partial charge on any atom is 0.219 e. The number of aromatic nitrogens is 1. The number of benzene rings is 2. The van der Waals surface area contributed by atoms with Crippen LogP contribution in [0.4, 0.5) is 4.39 Å². The second kappa shape index (κ2) is 8.18. The van der Waals surface area contributed by atoms with E-state index in [2.05, 4.69) is 20.9 Å². The van der Waals surface area contributed by atoms with Crippen LogP contribution in [0, 0.1) is 5.82 Å². The van der Waals surface area contributed by atoms with Gasteiger partial charge in [-0.1, -0.05) is 0 Å². The molecule has 0 fully saturated rings. The van der Waals surface area contributed by atoms with Crippen LogP contribution in [0.15, 0.2) is 59.2 Å². The molecular weight excluding hydrogens is 417 g/mol. The van der Waals surface area contributed by atoms with Crippen molar-refractivity contribution in [2.24, 2.45) is 0 Å². The topological polar surface area (TPSA) is 57.7 Å². The second-order valence-electron chi connectivity index (χ2n) is 5.46. The van der Waals surface area contributed by atoms with Crippen molar-refractivity contribution in [1.29, 1.82) is 0 Å². The summed E-state index contributed by atoms with van der Waals surface area (Å²) in [6.45, 7) is 0. The summed E-state index contributed by atoms with van der Waals surface area (Å²) in [6.07, 6.45) is 1.40. The lowest BCUT2D eigenvalue weighted by atomic mass is 10.0. The molecule has 1 heterocycles. The van der Waals surface area contributed by atoms with Gasteiger partial charge in [0.05, 0.1) is 18.7 Å². The van der Waals surface area contributed by atoms with Gasteiger partial charge in [-0.3, -0.25) is 4.79 Å². The van der Waals surface area contributed by atoms with Gasteiger partial charge in [0.1, 0.15) is 11.6 Å². The zero-order valence-electron chi connectivity index (χ0n) is 14.5. The fourth-order valence-corrected chi connectivity index (χ4v) is 2.71. The van der Waals surface area contributed by atoms with Crippen LogP contribution < -0.4 is 14.2 Å². The number of hydrogen-bond donors (Lipinski definition) is 0. The van der Waals surface area contributed by atoms with E-state index in [0.717, 1.165) is 0 Å². The molecule has 7 heteroatoms. The van der Waals surface area contributed by atoms with Crippen LogP contribution in [0.1, 0.15) is 15.9 Å². The molecule has 0 bridgehead atoms. The summed E-state index contributed by atoms with van der Waals surface area (Å²) in [5, 5.41) is 0. The maximum atomic E-state index is 13.3. The Balaban J connectivity index is 1.80. The second-order valence-corrected chi connectivity index (χ2v) is 6.32. The third-order valence-electron chi connectivity index (χ3n) is 3.75. The summed E-state index contributed by atoms with van der Waals surface area (Å²) in [6, 6.07) is 12.2. The van der Waals surface area contributed by atoms with Crippen LogP contribution >= 0.6 is 15.9 Å². The molecule has 0 saturated carbocycles. The first-order valence-corrected chi connectivity index (χ1v) is 8.67. The van der Waals surface area contributed by atoms with Crippen LogP contribution in [0.5, 0.6) is 23.1 Å². The molecule has 3 aromatic rings. The molecule has 0 aliphatic heterocycles. The molecule has 0 amide bonds. The highest BCUT2D eigenvalue weighted by molar-refractivity contribution is 9.10. The van der Waals surface area contributed by atoms with Crippen molar-refractivity contribution < 1.29 is 23.4 Å². The average Bonchev–Trinajstić information content (AvgIpc) is 2.70. The van der Waals surface area contributed by atoms with E-state index < -0.39 is 5.82 Å². The number of methoxy groups -OCH3 is 2. The van der Waals surface area contributed by atoms with E-state index in [1.54, 1.807) is 36.4 Å². The molecule has 0 spiro atoms. The van der Waals surface area contributed by atoms with Crippen LogP contribution in [0.25, 0.3) is 0 Å². The first-order valence-electron chi connectivity index (χ1n) is 7.87. The Kier molecular flexibility index (Phi) is 5.71. The van der Waals surface area contributed by atoms with E-state index in [-0.39, 0.29) is 11.7 Å². The molecule has 0 N–H and O–H groups in total. The molecule has 0 saturated heterocycles. The van der Waals surface area contributed by atoms with Crippen LogP contribution in [-0.2, 0) is 0 Å². The number of pyridine rings is 1. The van der Waals surface area contributed by atoms with Gasteiger partial charge in [0, 0.05) is 29.5 Å². The van der Waals surface area contributed by atoms with Gasteiger partial charge in [-0.05, 0) is 52.3 Å². The van der Waals surface area contributed by atoms with E-state index in [0.29, 0.717) is 32.8 Å². The molecule has 0 unspecified atom stereocenters. The molecule has 27 heavy (non-hydrogen) atoms. The number of carbonyl (C=O) groups excluding carboxylic acids is 1. The van der Waals surface area contributed by atoms with E-state index >= 15 is 0 Å². The average molecular weight is 432 g/mol. The number of ketones is 1. The summed E-state index contributed by atoms with van der Waals surface area (Å²) in [5.74, 6) is 0.894. The summed E-state index contributed by atoms with van der Waals surface area (Å²) in [4.78, 5) is 16.8. The molecule has 1 aromatic heterocycles. The molecule has 3 rings (SSSR count). The molecule has 0 aliphatic carbocycles. The lowest BCUT2D eigenvalue weighted by Gasteiger charge is -2.10. The number of hydrogen-bond acceptors (Lipinski definition) is 5. The minimum Gasteiger partial charge on any atom is -0.493 e. The number of ether oxygens (including phenoxy) is 3. The van der Waals surface area contributed by atoms with Gasteiger partial charge in [0.2, 0.25) is 5.88 Å². The fraction of sp³-hybridized carbons (Fsp3) is 0.100. The van der Waals surface area contributed by atoms with Gasteiger partial charge < -0.3 is 14.2 Å². The van der Waals surface area contributed by atoms with Crippen molar-refractivity contribution >= 4 is 21.7 Å². The lowest BCUT2D eigenvalue weighted by molar-refractivity contribution is 0.103. The highest BCUT2D eigenvalue weighted by Crippen LogP contribution is 2.30. The number of nitrogens with zero attached hydrogens (tertiary/aromatic N) is 1. The number of rotatable bonds is 6. The Morgan fingerprint density at radius 1 is 0.926 bits per heavy atom. The predicted molar refractivity (Wildman–Crippen MR) is 101 cm³/mol. The number of halogens is 2. The molecule has 5 nitrogen and oxygen atoms in total. The van der Waals surface area contributed by atoms with Crippen molar-refractivity contribution in [2.75, 3.05) is 14.2 Å². The van der Waals surface area contributed by atoms with E-state index in [1.165, 1.54) is 32.5 Å². The Labute approximate surface area is 163 Å². The molecule has 0 radical (unpaired) electrons. The summed E-state index contributed by atoms with van der Waals surface area (Å²) in [5.41, 5.74) is 0.823. The van der Waals surface area contributed by atoms with E-state index in [4.69, 9.17) is 14.2 Å². The minimum absolute atomic E-state index is 0.220. The van der Waals surface area contributed by atoms with Gasteiger partial charge in [-0.15, -0.1) is 0 Å². The highest BCUT2D eigenvalue weighted by Gasteiger charge is 2.14. The summed E-state index contributed by atoms with van der Waals surface area (Å²) < 4.78 is 29.9. The SMILES string of the molecule is COc1ccc(C(=O)c2ccc(Oc3cc(F)ccc3Br)nc2)cc1OC. The van der Waals surface area contributed by atoms with Gasteiger partial charge in [0.25, 0.3) is 0 Å². The Morgan fingerprint density at radius 2 is 1.67 bits per heavy atom. The predicted octanol–water partition coefficient (Wildman–Crippen LogP) is 5.02. The molecule has 138 valence electrons. The third kappa shape index (κ3) is 4.25. The van der Waals surface area contributed by atoms with E-state index in [1.807, 2.05) is 0 Å². The zero-order valence-corrected chi connectivity index (χ0v) is 16.1. The van der Waals surface area contributed by atoms with Gasteiger partial charge in [-0.25, -0.2) is 9.37 Å². The van der Waals surface area contributed by atoms with Gasteiger partial charge in [0.15, 0.2) is 17.3 Å². The van der Waals surface area contributed by atoms with Crippen molar-refractivity contribution in [3.63, 3.8) is 0 Å². The van der Waals surface area contributed by atoms with Gasteiger partial charge >= 0.3 is 0 Å². The normalized spacial score (nSPS) is 10.4. The minimum atomic E-state index is -0.423. The van der Waals surface area contributed by atoms with Crippen molar-refractivity contribution in [1.82, 2.24) is 4.98 Å². The first kappa shape index (κ1) is 18.8.